The van der Waals surface area contributed by atoms with E-state index < -0.39 is 17.1 Å². The molecule has 2 aliphatic carbocycles. The summed E-state index contributed by atoms with van der Waals surface area (Å²) in [6.45, 7) is 16.6. The predicted octanol–water partition coefficient (Wildman–Crippen LogP) is 7.46. The van der Waals surface area contributed by atoms with Crippen LogP contribution in [0.5, 0.6) is 0 Å². The van der Waals surface area contributed by atoms with Crippen LogP contribution < -0.4 is 0 Å². The van der Waals surface area contributed by atoms with E-state index in [9.17, 15) is 0 Å². The van der Waals surface area contributed by atoms with Gasteiger partial charge in [0.2, 0.25) is 0 Å². The molecule has 0 aromatic carbocycles. The number of rotatable bonds is 6. The van der Waals surface area contributed by atoms with Crippen molar-refractivity contribution in [1.29, 1.82) is 0 Å². The Labute approximate surface area is 177 Å². The van der Waals surface area contributed by atoms with Crippen molar-refractivity contribution in [3.8, 4) is 0 Å². The molecule has 4 heteroatoms. The van der Waals surface area contributed by atoms with Crippen LogP contribution in [-0.2, 0) is 17.1 Å². The number of halogens is 2. The van der Waals surface area contributed by atoms with Crippen molar-refractivity contribution in [3.05, 3.63) is 41.1 Å². The first-order valence-electron chi connectivity index (χ1n) is 9.93. The van der Waals surface area contributed by atoms with E-state index in [1.807, 2.05) is 6.66 Å². The Morgan fingerprint density at radius 2 is 1.12 bits per heavy atom. The average Bonchev–Trinajstić information content (AvgIpc) is 3.11. The molecule has 0 amide bonds. The fraction of sp³-hybridized carbons (Fsp3) is 0.636. The van der Waals surface area contributed by atoms with E-state index >= 15 is 0 Å². The summed E-state index contributed by atoms with van der Waals surface area (Å²) >= 11 is -3.18. The summed E-state index contributed by atoms with van der Waals surface area (Å²) in [6.07, 6.45) is 10.1. The Morgan fingerprint density at radius 3 is 1.35 bits per heavy atom. The van der Waals surface area contributed by atoms with Crippen LogP contribution in [-0.4, -0.2) is 6.94 Å². The molecule has 0 heterocycles. The summed E-state index contributed by atoms with van der Waals surface area (Å²) in [4.78, 5) is 0. The Kier molecular flexibility index (Phi) is 9.64. The number of hydrogen-bond donors (Lipinski definition) is 0. The van der Waals surface area contributed by atoms with Crippen molar-refractivity contribution < 1.29 is 17.1 Å². The Morgan fingerprint density at radius 1 is 0.808 bits per heavy atom. The van der Waals surface area contributed by atoms with Crippen LogP contribution in [0.25, 0.3) is 0 Å². The summed E-state index contributed by atoms with van der Waals surface area (Å²) in [5, 5.41) is 0. The summed E-state index contributed by atoms with van der Waals surface area (Å²) in [7, 11) is 0. The minimum absolute atomic E-state index is 0. The van der Waals surface area contributed by atoms with Crippen molar-refractivity contribution in [2.24, 2.45) is 11.8 Å². The first-order valence-corrected chi connectivity index (χ1v) is 29.0. The van der Waals surface area contributed by atoms with Crippen LogP contribution in [0.15, 0.2) is 41.1 Å². The molecule has 0 saturated heterocycles. The first kappa shape index (κ1) is 26.6. The van der Waals surface area contributed by atoms with E-state index in [-0.39, 0.29) is 24.8 Å². The molecule has 0 unspecified atom stereocenters. The van der Waals surface area contributed by atoms with Gasteiger partial charge in [0.15, 0.2) is 0 Å². The molecule has 2 rings (SSSR count). The van der Waals surface area contributed by atoms with Crippen molar-refractivity contribution in [2.75, 3.05) is 0 Å². The van der Waals surface area contributed by atoms with E-state index in [0.717, 1.165) is 0 Å². The smallest absolute Gasteiger partial charge is 0.147 e. The third-order valence-electron chi connectivity index (χ3n) is 6.44. The number of allylic oxidation sites excluding steroid dienone is 8. The number of hydrogen-bond acceptors (Lipinski definition) is 0. The zero-order chi connectivity index (χ0) is 18.3. The zero-order valence-corrected chi connectivity index (χ0v) is 24.8. The molecule has 26 heavy (non-hydrogen) atoms. The maximum Gasteiger partial charge on any atom is -0.147 e. The minimum atomic E-state index is -3.18. The minimum Gasteiger partial charge on any atom is -0.147 e. The van der Waals surface area contributed by atoms with Crippen molar-refractivity contribution in [1.82, 2.24) is 0 Å². The van der Waals surface area contributed by atoms with Crippen LogP contribution >= 0.6 is 24.8 Å². The molecule has 0 radical (unpaired) electrons. The predicted molar refractivity (Wildman–Crippen MR) is 124 cm³/mol. The third kappa shape index (κ3) is 4.96. The van der Waals surface area contributed by atoms with Crippen LogP contribution in [0.1, 0.15) is 67.2 Å². The van der Waals surface area contributed by atoms with E-state index in [1.165, 1.54) is 25.7 Å². The van der Waals surface area contributed by atoms with Gasteiger partial charge in [-0.15, -0.1) is 24.8 Å². The maximum atomic E-state index is 2.72. The second kappa shape index (κ2) is 9.42. The Balaban J connectivity index is 0.00000312. The Hall–Kier alpha value is 0.627. The molecule has 0 N–H and O–H groups in total. The van der Waals surface area contributed by atoms with Crippen LogP contribution in [0.3, 0.4) is 0 Å². The molecule has 0 fully saturated rings. The fourth-order valence-electron chi connectivity index (χ4n) is 4.51. The largest absolute Gasteiger partial charge is 0.147 e. The second-order valence-corrected chi connectivity index (χ2v) is 50.5. The molecule has 0 atom stereocenters. The molecular weight excluding hydrogens is 542 g/mol. The molecule has 0 aromatic heterocycles. The summed E-state index contributed by atoms with van der Waals surface area (Å²) in [5.41, 5.74) is 6.73. The van der Waals surface area contributed by atoms with E-state index in [4.69, 9.17) is 0 Å². The summed E-state index contributed by atoms with van der Waals surface area (Å²) in [6, 6.07) is 0. The van der Waals surface area contributed by atoms with Gasteiger partial charge in [-0.2, -0.15) is 0 Å². The van der Waals surface area contributed by atoms with Gasteiger partial charge in [0.1, 0.15) is 0 Å². The summed E-state index contributed by atoms with van der Waals surface area (Å²) < 4.78 is 9.24. The molecule has 0 aliphatic heterocycles. The van der Waals surface area contributed by atoms with Crippen molar-refractivity contribution in [3.63, 3.8) is 0 Å². The van der Waals surface area contributed by atoms with Gasteiger partial charge in [-0.1, -0.05) is 0 Å². The standard InChI is InChI=1S/2C10H15.2CH3.2ClH.Hf.H2Si/c2*1-4-9-5-6-10(7-9)8(2)3;;;;;;/h2*7-8H,4,6H2,1-3H3;2*1H3;2*1H;;1H2. The molecular formula is C22H40Cl2HfSi. The van der Waals surface area contributed by atoms with Gasteiger partial charge >= 0.3 is 154 Å². The topological polar surface area (TPSA) is 0 Å². The quantitative estimate of drug-likeness (QED) is 0.286. The van der Waals surface area contributed by atoms with Gasteiger partial charge < -0.3 is 0 Å². The molecule has 2 aliphatic rings. The molecule has 0 bridgehead atoms. The summed E-state index contributed by atoms with van der Waals surface area (Å²) in [5.74, 6) is 1.37. The van der Waals surface area contributed by atoms with Crippen LogP contribution in [0, 0.1) is 11.8 Å². The van der Waals surface area contributed by atoms with Crippen molar-refractivity contribution >= 4 is 31.8 Å². The molecule has 0 saturated carbocycles. The maximum absolute atomic E-state index is 3.18. The average molecular weight is 582 g/mol. The van der Waals surface area contributed by atoms with Gasteiger partial charge in [-0.25, -0.2) is 0 Å². The normalized spacial score (nSPS) is 18.3. The first-order chi connectivity index (χ1) is 11.0. The third-order valence-corrected chi connectivity index (χ3v) is 30.9. The van der Waals surface area contributed by atoms with Gasteiger partial charge in [-0.05, 0) is 0 Å². The Bertz CT molecular complexity index is 671. The van der Waals surface area contributed by atoms with Crippen LogP contribution in [0.4, 0.5) is 0 Å². The van der Waals surface area contributed by atoms with Gasteiger partial charge in [0, 0.05) is 0 Å². The van der Waals surface area contributed by atoms with E-state index in [0.29, 0.717) is 11.8 Å². The molecule has 0 aromatic rings. The fourth-order valence-corrected chi connectivity index (χ4v) is 26.3. The van der Waals surface area contributed by atoms with Crippen LogP contribution in [0.2, 0.25) is 9.36 Å². The van der Waals surface area contributed by atoms with Crippen molar-refractivity contribution in [2.45, 2.75) is 76.6 Å². The van der Waals surface area contributed by atoms with Gasteiger partial charge in [0.25, 0.3) is 0 Å². The molecule has 150 valence electrons. The SMILES string of the molecule is CCC1=[C]([Hf]([CH3])([CH3])(=[SiH2])[C]2=C(CC)C=C(C(C)C)C2)CC(C(C)C)=C1.Cl.Cl. The van der Waals surface area contributed by atoms with E-state index in [2.05, 4.69) is 70.0 Å². The van der Waals surface area contributed by atoms with Gasteiger partial charge in [0.05, 0.1) is 0 Å². The molecule has 0 nitrogen and oxygen atoms in total. The molecule has 0 spiro atoms. The zero-order valence-electron chi connectivity index (χ0n) is 18.2. The second-order valence-electron chi connectivity index (χ2n) is 9.50. The van der Waals surface area contributed by atoms with E-state index in [1.54, 1.807) is 22.3 Å². The monoisotopic (exact) mass is 582 g/mol. The van der Waals surface area contributed by atoms with Gasteiger partial charge in [-0.3, -0.25) is 0 Å².